The Hall–Kier alpha value is -3.13. The van der Waals surface area contributed by atoms with Crippen molar-refractivity contribution in [3.8, 4) is 0 Å². The van der Waals surface area contributed by atoms with E-state index in [1.165, 1.54) is 0 Å². The fourth-order valence-corrected chi connectivity index (χ4v) is 0. The molecular formula is C6H12BO19P. The lowest BCUT2D eigenvalue weighted by Gasteiger charge is -1.82. The van der Waals surface area contributed by atoms with Gasteiger partial charge in [0.05, 0.1) is 0 Å². The summed E-state index contributed by atoms with van der Waals surface area (Å²) in [7, 11) is -6.81. The second kappa shape index (κ2) is 19.2. The third-order valence-electron chi connectivity index (χ3n) is 0.549. The Labute approximate surface area is 146 Å². The van der Waals surface area contributed by atoms with Crippen LogP contribution >= 0.6 is 7.82 Å². The van der Waals surface area contributed by atoms with Gasteiger partial charge in [0.1, 0.15) is 0 Å². The summed E-state index contributed by atoms with van der Waals surface area (Å²) in [4.78, 5) is 76.2. The largest absolute Gasteiger partial charge is 0.631 e. The average Bonchev–Trinajstić information content (AvgIpc) is 2.36. The normalized spacial score (nSPS) is 8.07. The van der Waals surface area contributed by atoms with Crippen molar-refractivity contribution in [3.05, 3.63) is 0 Å². The molecule has 0 aliphatic heterocycles. The average molecular weight is 430 g/mol. The van der Waals surface area contributed by atoms with E-state index < -0.39 is 51.0 Å². The number of rotatable bonds is 0. The zero-order valence-corrected chi connectivity index (χ0v) is 13.1. The molecule has 0 unspecified atom stereocenters. The van der Waals surface area contributed by atoms with E-state index in [-0.39, 0.29) is 0 Å². The van der Waals surface area contributed by atoms with Gasteiger partial charge >= 0.3 is 51.0 Å². The van der Waals surface area contributed by atoms with Gasteiger partial charge in [0.15, 0.2) is 0 Å². The van der Waals surface area contributed by atoms with Gasteiger partial charge in [-0.05, 0) is 0 Å². The quantitative estimate of drug-likeness (QED) is 0.0967. The summed E-state index contributed by atoms with van der Waals surface area (Å²) in [5.74, 6) is -10.9. The fraction of sp³-hybridized carbons (Fsp3) is 0. The highest BCUT2D eigenvalue weighted by molar-refractivity contribution is 7.45. The molecule has 0 heterocycles. The lowest BCUT2D eigenvalue weighted by Crippen LogP contribution is -2.09. The maximum Gasteiger partial charge on any atom is 0.631 e. The maximum atomic E-state index is 9.10. The monoisotopic (exact) mass is 430 g/mol. The number of hydrogen-bond donors (Lipinski definition) is 12. The first-order valence-corrected chi connectivity index (χ1v) is 6.44. The lowest BCUT2D eigenvalue weighted by atomic mass is 10.3. The number of aliphatic carboxylic acids is 6. The van der Waals surface area contributed by atoms with Crippen LogP contribution in [0.4, 0.5) is 0 Å². The van der Waals surface area contributed by atoms with Gasteiger partial charge in [-0.2, -0.15) is 0 Å². The van der Waals surface area contributed by atoms with Gasteiger partial charge in [-0.25, -0.2) is 33.3 Å². The summed E-state index contributed by atoms with van der Waals surface area (Å²) in [5.41, 5.74) is 0. The van der Waals surface area contributed by atoms with Crippen molar-refractivity contribution in [2.45, 2.75) is 0 Å². The molecule has 12 N–H and O–H groups in total. The predicted octanol–water partition coefficient (Wildman–Crippen LogP) is -5.51. The Bertz CT molecular complexity index is 440. The van der Waals surface area contributed by atoms with Crippen LogP contribution in [0.1, 0.15) is 0 Å². The Morgan fingerprint density at radius 3 is 0.519 bits per heavy atom. The van der Waals surface area contributed by atoms with Crippen molar-refractivity contribution in [2.75, 3.05) is 0 Å². The molecule has 0 spiro atoms. The Morgan fingerprint density at radius 1 is 0.481 bits per heavy atom. The van der Waals surface area contributed by atoms with Crippen LogP contribution in [-0.4, -0.2) is 104 Å². The molecule has 0 amide bonds. The molecule has 0 bridgehead atoms. The van der Waals surface area contributed by atoms with E-state index in [9.17, 15) is 0 Å². The van der Waals surface area contributed by atoms with E-state index in [2.05, 4.69) is 0 Å². The predicted molar refractivity (Wildman–Crippen MR) is 72.5 cm³/mol. The van der Waals surface area contributed by atoms with Crippen LogP contribution in [0.25, 0.3) is 0 Å². The van der Waals surface area contributed by atoms with E-state index in [0.29, 0.717) is 0 Å². The van der Waals surface area contributed by atoms with Crippen LogP contribution in [0.3, 0.4) is 0 Å². The highest BCUT2D eigenvalue weighted by Gasteiger charge is 2.05. The second-order valence-corrected chi connectivity index (χ2v) is 3.72. The van der Waals surface area contributed by atoms with E-state index in [1.807, 2.05) is 0 Å². The van der Waals surface area contributed by atoms with E-state index >= 15 is 0 Å². The molecular weight excluding hydrogens is 418 g/mol. The minimum Gasteiger partial charge on any atom is -0.473 e. The molecule has 0 aromatic carbocycles. The Balaban J connectivity index is -0.0000000753. The van der Waals surface area contributed by atoms with E-state index in [1.54, 1.807) is 0 Å². The fourth-order valence-electron chi connectivity index (χ4n) is 0. The number of hydrogen-bond acceptors (Lipinski definition) is 10. The highest BCUT2D eigenvalue weighted by Crippen LogP contribution is 2.25. The van der Waals surface area contributed by atoms with Gasteiger partial charge in [0.2, 0.25) is 0 Å². The molecule has 0 atom stereocenters. The third-order valence-corrected chi connectivity index (χ3v) is 0.549. The van der Waals surface area contributed by atoms with Crippen LogP contribution < -0.4 is 0 Å². The summed E-state index contributed by atoms with van der Waals surface area (Å²) in [6.45, 7) is 0. The Kier molecular flexibility index (Phi) is 24.9. The molecule has 0 saturated carbocycles. The molecule has 19 nitrogen and oxygen atoms in total. The van der Waals surface area contributed by atoms with Crippen molar-refractivity contribution in [2.24, 2.45) is 0 Å². The first kappa shape index (κ1) is 35.1. The molecule has 158 valence electrons. The third kappa shape index (κ3) is 127. The van der Waals surface area contributed by atoms with E-state index in [4.69, 9.17) is 93.7 Å². The number of carboxylic acids is 6. The molecule has 0 saturated heterocycles. The zero-order chi connectivity index (χ0) is 23.5. The zero-order valence-electron chi connectivity index (χ0n) is 12.2. The van der Waals surface area contributed by atoms with Crippen molar-refractivity contribution in [1.29, 1.82) is 0 Å². The van der Waals surface area contributed by atoms with Crippen LogP contribution in [0.15, 0.2) is 0 Å². The van der Waals surface area contributed by atoms with Gasteiger partial charge in [-0.1, -0.05) is 0 Å². The minimum absolute atomic E-state index is 1.82. The smallest absolute Gasteiger partial charge is 0.473 e. The summed E-state index contributed by atoms with van der Waals surface area (Å²) in [6.07, 6.45) is 0. The van der Waals surface area contributed by atoms with Crippen LogP contribution in [0, 0.1) is 0 Å². The van der Waals surface area contributed by atoms with Gasteiger partial charge in [0, 0.05) is 0 Å². The van der Waals surface area contributed by atoms with Crippen molar-refractivity contribution in [1.82, 2.24) is 0 Å². The maximum absolute atomic E-state index is 9.10. The summed E-state index contributed by atoms with van der Waals surface area (Å²) in [6, 6.07) is 0. The van der Waals surface area contributed by atoms with Crippen molar-refractivity contribution >= 4 is 51.0 Å². The second-order valence-electron chi connectivity index (χ2n) is 2.69. The molecule has 0 aromatic heterocycles. The van der Waals surface area contributed by atoms with Crippen LogP contribution in [0.2, 0.25) is 0 Å². The number of carboxylic acid groups (broad SMARTS) is 6. The number of carbonyl (C=O) groups is 6. The molecule has 0 rings (SSSR count). The summed E-state index contributed by atoms with van der Waals surface area (Å²) < 4.78 is 8.88. The molecule has 0 aromatic rings. The van der Waals surface area contributed by atoms with Crippen LogP contribution in [0.5, 0.6) is 0 Å². The van der Waals surface area contributed by atoms with Gasteiger partial charge in [-0.15, -0.1) is 0 Å². The summed E-state index contributed by atoms with van der Waals surface area (Å²) >= 11 is 0. The van der Waals surface area contributed by atoms with Gasteiger partial charge in [-0.3, -0.25) is 0 Å². The molecule has 0 aliphatic rings. The van der Waals surface area contributed by atoms with Gasteiger partial charge in [0.25, 0.3) is 0 Å². The molecule has 0 aliphatic carbocycles. The minimum atomic E-state index is -4.64. The lowest BCUT2D eigenvalue weighted by molar-refractivity contribution is -0.159. The van der Waals surface area contributed by atoms with E-state index in [0.717, 1.165) is 0 Å². The Morgan fingerprint density at radius 2 is 0.519 bits per heavy atom. The number of phosphoric acid groups is 1. The molecule has 21 heteroatoms. The first-order valence-electron chi connectivity index (χ1n) is 4.87. The molecule has 0 radical (unpaired) electrons. The standard InChI is InChI=1S/3C2H2O4.BH3O3.H3O4P/c3*3-1(4)2(5)6;2-1(3)4;1-5(2,3)4/h3*(H,3,4)(H,5,6);2-4H;(H3,1,2,3,4). The van der Waals surface area contributed by atoms with Gasteiger partial charge < -0.3 is 60.4 Å². The first-order chi connectivity index (χ1) is 11.7. The topological polar surface area (TPSA) is 362 Å². The molecule has 27 heavy (non-hydrogen) atoms. The summed E-state index contributed by atoms with van der Waals surface area (Å²) in [5, 5.41) is 65.8. The highest BCUT2D eigenvalue weighted by atomic mass is 31.2. The molecule has 0 fully saturated rings. The van der Waals surface area contributed by atoms with Crippen molar-refractivity contribution < 1.29 is 93.7 Å². The van der Waals surface area contributed by atoms with Crippen LogP contribution in [-0.2, 0) is 33.3 Å². The SMILES string of the molecule is O=C(O)C(=O)O.O=C(O)C(=O)O.O=C(O)C(=O)O.O=P(O)(O)O.OB(O)O. The van der Waals surface area contributed by atoms with Crippen molar-refractivity contribution in [3.63, 3.8) is 0 Å².